The van der Waals surface area contributed by atoms with E-state index in [1.54, 1.807) is 61.5 Å². The molecule has 0 spiro atoms. The van der Waals surface area contributed by atoms with Gasteiger partial charge in [0, 0.05) is 21.7 Å². The van der Waals surface area contributed by atoms with Gasteiger partial charge in [0.25, 0.3) is 0 Å². The summed E-state index contributed by atoms with van der Waals surface area (Å²) in [6, 6.07) is 15.1. The van der Waals surface area contributed by atoms with Gasteiger partial charge < -0.3 is 19.9 Å². The van der Waals surface area contributed by atoms with Gasteiger partial charge >= 0.3 is 17.9 Å². The first-order valence-corrected chi connectivity index (χ1v) is 12.2. The Morgan fingerprint density at radius 2 is 1.61 bits per heavy atom. The number of carbonyl (C=O) groups is 3. The van der Waals surface area contributed by atoms with E-state index in [4.69, 9.17) is 43.1 Å². The monoisotopic (exact) mass is 555 g/mol. The zero-order valence-electron chi connectivity index (χ0n) is 20.7. The molecule has 0 radical (unpaired) electrons. The van der Waals surface area contributed by atoms with Crippen molar-refractivity contribution in [2.75, 3.05) is 25.7 Å². The number of esters is 3. The summed E-state index contributed by atoms with van der Waals surface area (Å²) in [5.41, 5.74) is 7.16. The molecular weight excluding hydrogens is 533 g/mol. The van der Waals surface area contributed by atoms with E-state index < -0.39 is 23.8 Å². The Bertz CT molecular complexity index is 1500. The third kappa shape index (κ3) is 4.78. The maximum atomic E-state index is 13.4. The Hall–Kier alpha value is -4.08. The maximum absolute atomic E-state index is 13.4. The normalized spacial score (nSPS) is 15.5. The van der Waals surface area contributed by atoms with Crippen LogP contribution in [-0.4, -0.2) is 43.7 Å². The Kier molecular flexibility index (Phi) is 7.89. The first-order valence-electron chi connectivity index (χ1n) is 11.4. The summed E-state index contributed by atoms with van der Waals surface area (Å²) < 4.78 is 15.5. The fourth-order valence-electron chi connectivity index (χ4n) is 4.32. The predicted molar refractivity (Wildman–Crippen MR) is 142 cm³/mol. The van der Waals surface area contributed by atoms with Crippen molar-refractivity contribution in [2.45, 2.75) is 12.8 Å². The summed E-state index contributed by atoms with van der Waals surface area (Å²) in [7, 11) is 2.31. The fourth-order valence-corrected chi connectivity index (χ4v) is 4.71. The van der Waals surface area contributed by atoms with Crippen molar-refractivity contribution in [2.24, 2.45) is 5.73 Å². The number of nitrogens with zero attached hydrogens (tertiary/aromatic N) is 2. The zero-order valence-corrected chi connectivity index (χ0v) is 22.2. The van der Waals surface area contributed by atoms with Crippen LogP contribution in [0.25, 0.3) is 10.9 Å². The topological polar surface area (TPSA) is 121 Å². The van der Waals surface area contributed by atoms with Gasteiger partial charge in [0.2, 0.25) is 0 Å². The van der Waals surface area contributed by atoms with Gasteiger partial charge in [-0.1, -0.05) is 41.4 Å². The van der Waals surface area contributed by atoms with E-state index in [2.05, 4.69) is 4.98 Å². The van der Waals surface area contributed by atoms with Crippen LogP contribution >= 0.6 is 23.2 Å². The van der Waals surface area contributed by atoms with Crippen LogP contribution in [0.1, 0.15) is 18.4 Å². The first kappa shape index (κ1) is 27.0. The summed E-state index contributed by atoms with van der Waals surface area (Å²) in [6.07, 6.45) is 0. The standard InChI is InChI=1S/C27H23Cl2N3O6/c1-4-38-26(34)21-19(17-13-14-7-5-6-8-18(14)31-23(17)29)20(25(33)36-2)22(27(35)37-3)32(24(21)30)16-11-9-15(28)10-12-16/h5-13,19H,4,30H2,1-3H3. The molecule has 2 heterocycles. The lowest BCUT2D eigenvalue weighted by Gasteiger charge is -2.37. The molecule has 0 fully saturated rings. The van der Waals surface area contributed by atoms with Crippen LogP contribution < -0.4 is 10.6 Å². The summed E-state index contributed by atoms with van der Waals surface area (Å²) in [5.74, 6) is -4.07. The molecular formula is C27H23Cl2N3O6. The first-order chi connectivity index (χ1) is 18.2. The number of carbonyl (C=O) groups excluding carboxylic acids is 3. The van der Waals surface area contributed by atoms with Gasteiger partial charge in [0.1, 0.15) is 16.7 Å². The molecule has 4 rings (SSSR count). The molecule has 196 valence electrons. The molecule has 2 N–H and O–H groups in total. The molecule has 3 aromatic rings. The second-order valence-electron chi connectivity index (χ2n) is 8.07. The van der Waals surface area contributed by atoms with E-state index in [9.17, 15) is 14.4 Å². The number of fused-ring (bicyclic) bond motifs is 1. The number of benzene rings is 2. The number of hydrogen-bond acceptors (Lipinski definition) is 9. The molecule has 1 atom stereocenters. The van der Waals surface area contributed by atoms with Crippen LogP contribution in [-0.2, 0) is 28.6 Å². The number of pyridine rings is 1. The van der Waals surface area contributed by atoms with E-state index in [0.717, 1.165) is 14.2 Å². The fraction of sp³-hybridized carbons (Fsp3) is 0.185. The summed E-state index contributed by atoms with van der Waals surface area (Å²) >= 11 is 12.7. The highest BCUT2D eigenvalue weighted by atomic mass is 35.5. The number of methoxy groups -OCH3 is 2. The minimum absolute atomic E-state index is 0.00568. The van der Waals surface area contributed by atoms with Crippen LogP contribution in [0.15, 0.2) is 77.3 Å². The number of hydrogen-bond donors (Lipinski definition) is 1. The third-order valence-corrected chi connectivity index (χ3v) is 6.51. The molecule has 0 amide bonds. The molecule has 0 aliphatic carbocycles. The summed E-state index contributed by atoms with van der Waals surface area (Å²) in [5, 5.41) is 1.09. The molecule has 0 bridgehead atoms. The van der Waals surface area contributed by atoms with Crippen molar-refractivity contribution in [3.05, 3.63) is 93.0 Å². The number of ether oxygens (including phenoxy) is 3. The Morgan fingerprint density at radius 3 is 2.24 bits per heavy atom. The molecule has 38 heavy (non-hydrogen) atoms. The van der Waals surface area contributed by atoms with Crippen LogP contribution in [0, 0.1) is 0 Å². The lowest BCUT2D eigenvalue weighted by molar-refractivity contribution is -0.141. The highest BCUT2D eigenvalue weighted by molar-refractivity contribution is 6.31. The lowest BCUT2D eigenvalue weighted by atomic mass is 9.80. The van der Waals surface area contributed by atoms with Crippen molar-refractivity contribution in [1.82, 2.24) is 4.98 Å². The maximum Gasteiger partial charge on any atom is 0.355 e. The molecule has 11 heteroatoms. The van der Waals surface area contributed by atoms with Gasteiger partial charge in [-0.25, -0.2) is 19.4 Å². The van der Waals surface area contributed by atoms with E-state index in [1.807, 2.05) is 0 Å². The third-order valence-electron chi connectivity index (χ3n) is 5.95. The van der Waals surface area contributed by atoms with Crippen molar-refractivity contribution < 1.29 is 28.6 Å². The number of para-hydroxylation sites is 1. The van der Waals surface area contributed by atoms with Crippen LogP contribution in [0.3, 0.4) is 0 Å². The molecule has 1 unspecified atom stereocenters. The van der Waals surface area contributed by atoms with Gasteiger partial charge in [0.15, 0.2) is 0 Å². The largest absolute Gasteiger partial charge is 0.466 e. The molecule has 9 nitrogen and oxygen atoms in total. The molecule has 2 aromatic carbocycles. The summed E-state index contributed by atoms with van der Waals surface area (Å²) in [4.78, 5) is 45.8. The molecule has 1 aliphatic heterocycles. The summed E-state index contributed by atoms with van der Waals surface area (Å²) in [6.45, 7) is 1.65. The van der Waals surface area contributed by atoms with Crippen molar-refractivity contribution in [3.63, 3.8) is 0 Å². The van der Waals surface area contributed by atoms with Gasteiger partial charge in [0.05, 0.1) is 43.4 Å². The van der Waals surface area contributed by atoms with Gasteiger partial charge in [-0.3, -0.25) is 4.90 Å². The van der Waals surface area contributed by atoms with Crippen molar-refractivity contribution in [1.29, 1.82) is 0 Å². The minimum Gasteiger partial charge on any atom is -0.466 e. The number of halogens is 2. The van der Waals surface area contributed by atoms with Crippen LogP contribution in [0.5, 0.6) is 0 Å². The SMILES string of the molecule is CCOC(=O)C1=C(N)N(c2ccc(Cl)cc2)C(C(=O)OC)=C(C(=O)OC)C1c1cc2ccccc2nc1Cl. The Morgan fingerprint density at radius 1 is 0.947 bits per heavy atom. The highest BCUT2D eigenvalue weighted by Crippen LogP contribution is 2.46. The quantitative estimate of drug-likeness (QED) is 0.266. The number of aromatic nitrogens is 1. The van der Waals surface area contributed by atoms with Gasteiger partial charge in [-0.15, -0.1) is 0 Å². The molecule has 1 aromatic heterocycles. The highest BCUT2D eigenvalue weighted by Gasteiger charge is 2.46. The molecule has 0 saturated carbocycles. The number of anilines is 1. The average molecular weight is 556 g/mol. The average Bonchev–Trinajstić information content (AvgIpc) is 2.91. The van der Waals surface area contributed by atoms with Gasteiger partial charge in [-0.2, -0.15) is 0 Å². The Balaban J connectivity index is 2.14. The van der Waals surface area contributed by atoms with E-state index in [-0.39, 0.29) is 40.0 Å². The molecule has 1 aliphatic rings. The predicted octanol–water partition coefficient (Wildman–Crippen LogP) is 4.48. The van der Waals surface area contributed by atoms with Crippen molar-refractivity contribution >= 4 is 57.7 Å². The number of nitrogens with two attached hydrogens (primary N) is 1. The lowest BCUT2D eigenvalue weighted by Crippen LogP contribution is -2.42. The molecule has 0 saturated heterocycles. The number of rotatable bonds is 6. The van der Waals surface area contributed by atoms with Crippen LogP contribution in [0.2, 0.25) is 10.2 Å². The van der Waals surface area contributed by atoms with Gasteiger partial charge in [-0.05, 0) is 43.3 Å². The van der Waals surface area contributed by atoms with Crippen molar-refractivity contribution in [3.8, 4) is 0 Å². The second kappa shape index (κ2) is 11.1. The van der Waals surface area contributed by atoms with E-state index >= 15 is 0 Å². The van der Waals surface area contributed by atoms with E-state index in [0.29, 0.717) is 21.6 Å². The van der Waals surface area contributed by atoms with Crippen LogP contribution in [0.4, 0.5) is 5.69 Å². The van der Waals surface area contributed by atoms with E-state index in [1.165, 1.54) is 4.90 Å². The smallest absolute Gasteiger partial charge is 0.355 e. The zero-order chi connectivity index (χ0) is 27.6. The second-order valence-corrected chi connectivity index (χ2v) is 8.87. The Labute approximate surface area is 228 Å². The minimum atomic E-state index is -1.27.